The lowest BCUT2D eigenvalue weighted by Crippen LogP contribution is -1.96. The number of nitriles is 1. The average molecular weight is 147 g/mol. The van der Waals surface area contributed by atoms with Crippen LogP contribution in [0.2, 0.25) is 0 Å². The van der Waals surface area contributed by atoms with Gasteiger partial charge >= 0.3 is 0 Å². The minimum Gasteiger partial charge on any atom is -0.397 e. The SMILES string of the molecule is Cc1c(N)cncc1CC#N. The van der Waals surface area contributed by atoms with Crippen LogP contribution in [0.1, 0.15) is 11.1 Å². The maximum Gasteiger partial charge on any atom is 0.0670 e. The van der Waals surface area contributed by atoms with Crippen molar-refractivity contribution in [3.05, 3.63) is 23.5 Å². The van der Waals surface area contributed by atoms with Gasteiger partial charge < -0.3 is 5.73 Å². The van der Waals surface area contributed by atoms with Gasteiger partial charge in [0.15, 0.2) is 0 Å². The molecule has 0 saturated heterocycles. The molecule has 0 aliphatic rings. The van der Waals surface area contributed by atoms with Gasteiger partial charge in [0.1, 0.15) is 0 Å². The molecule has 3 heteroatoms. The third-order valence-corrected chi connectivity index (χ3v) is 1.63. The van der Waals surface area contributed by atoms with E-state index < -0.39 is 0 Å². The molecule has 0 fully saturated rings. The van der Waals surface area contributed by atoms with Crippen molar-refractivity contribution in [1.29, 1.82) is 5.26 Å². The summed E-state index contributed by atoms with van der Waals surface area (Å²) in [7, 11) is 0. The number of nitrogens with zero attached hydrogens (tertiary/aromatic N) is 2. The molecule has 1 aromatic rings. The van der Waals surface area contributed by atoms with Crippen LogP contribution >= 0.6 is 0 Å². The van der Waals surface area contributed by atoms with Gasteiger partial charge in [-0.2, -0.15) is 5.26 Å². The highest BCUT2D eigenvalue weighted by Gasteiger charge is 1.99. The summed E-state index contributed by atoms with van der Waals surface area (Å²) in [5.74, 6) is 0. The van der Waals surface area contributed by atoms with Crippen molar-refractivity contribution in [3.8, 4) is 6.07 Å². The first-order chi connectivity index (χ1) is 5.25. The van der Waals surface area contributed by atoms with Crippen molar-refractivity contribution in [1.82, 2.24) is 4.98 Å². The summed E-state index contributed by atoms with van der Waals surface area (Å²) in [5, 5.41) is 8.42. The minimum absolute atomic E-state index is 0.379. The predicted octanol–water partition coefficient (Wildman–Crippen LogP) is 1.04. The monoisotopic (exact) mass is 147 g/mol. The van der Waals surface area contributed by atoms with Crippen molar-refractivity contribution in [3.63, 3.8) is 0 Å². The van der Waals surface area contributed by atoms with Gasteiger partial charge in [-0.05, 0) is 18.1 Å². The largest absolute Gasteiger partial charge is 0.397 e. The molecule has 0 unspecified atom stereocenters. The Kier molecular flexibility index (Phi) is 2.07. The molecule has 2 N–H and O–H groups in total. The van der Waals surface area contributed by atoms with Crippen LogP contribution in [0.3, 0.4) is 0 Å². The van der Waals surface area contributed by atoms with E-state index in [1.807, 2.05) is 6.92 Å². The van der Waals surface area contributed by atoms with E-state index >= 15 is 0 Å². The fourth-order valence-corrected chi connectivity index (χ4v) is 0.850. The Labute approximate surface area is 65.5 Å². The van der Waals surface area contributed by atoms with Crippen molar-refractivity contribution in [2.45, 2.75) is 13.3 Å². The number of rotatable bonds is 1. The van der Waals surface area contributed by atoms with Gasteiger partial charge in [0, 0.05) is 6.20 Å². The topological polar surface area (TPSA) is 62.7 Å². The summed E-state index contributed by atoms with van der Waals surface area (Å²) < 4.78 is 0. The van der Waals surface area contributed by atoms with Gasteiger partial charge in [0.05, 0.1) is 24.4 Å². The molecule has 1 aromatic heterocycles. The molecule has 0 saturated carbocycles. The standard InChI is InChI=1S/C8H9N3/c1-6-7(2-3-9)4-11-5-8(6)10/h4-5H,2,10H2,1H3. The number of anilines is 1. The van der Waals surface area contributed by atoms with Crippen LogP contribution in [0, 0.1) is 18.3 Å². The maximum atomic E-state index is 8.42. The lowest BCUT2D eigenvalue weighted by atomic mass is 10.1. The van der Waals surface area contributed by atoms with Gasteiger partial charge in [-0.3, -0.25) is 4.98 Å². The highest BCUT2D eigenvalue weighted by Crippen LogP contribution is 2.13. The third kappa shape index (κ3) is 1.47. The molecule has 1 heterocycles. The zero-order valence-corrected chi connectivity index (χ0v) is 6.33. The first-order valence-corrected chi connectivity index (χ1v) is 3.31. The minimum atomic E-state index is 0.379. The summed E-state index contributed by atoms with van der Waals surface area (Å²) in [4.78, 5) is 3.89. The molecule has 1 rings (SSSR count). The molecule has 0 aliphatic carbocycles. The average Bonchev–Trinajstić information content (AvgIpc) is 1.99. The number of nitrogen functional groups attached to an aromatic ring is 1. The van der Waals surface area contributed by atoms with E-state index in [1.54, 1.807) is 12.4 Å². The number of aromatic nitrogens is 1. The number of pyridine rings is 1. The third-order valence-electron chi connectivity index (χ3n) is 1.63. The second kappa shape index (κ2) is 3.02. The van der Waals surface area contributed by atoms with E-state index in [0.717, 1.165) is 11.1 Å². The summed E-state index contributed by atoms with van der Waals surface area (Å²) in [6.07, 6.45) is 3.65. The van der Waals surface area contributed by atoms with Gasteiger partial charge in [-0.25, -0.2) is 0 Å². The summed E-state index contributed by atoms with van der Waals surface area (Å²) in [6.45, 7) is 1.89. The molecule has 0 aromatic carbocycles. The van der Waals surface area contributed by atoms with Crippen LogP contribution < -0.4 is 5.73 Å². The Bertz CT molecular complexity index is 299. The molecule has 0 bridgehead atoms. The predicted molar refractivity (Wildman–Crippen MR) is 42.7 cm³/mol. The van der Waals surface area contributed by atoms with E-state index in [1.165, 1.54) is 0 Å². The van der Waals surface area contributed by atoms with E-state index in [4.69, 9.17) is 11.0 Å². The maximum absolute atomic E-state index is 8.42. The molecule has 0 radical (unpaired) electrons. The Morgan fingerprint density at radius 2 is 2.36 bits per heavy atom. The summed E-state index contributed by atoms with van der Waals surface area (Å²) >= 11 is 0. The molecule has 0 aliphatic heterocycles. The Balaban J connectivity index is 3.08. The van der Waals surface area contributed by atoms with E-state index in [9.17, 15) is 0 Å². The smallest absolute Gasteiger partial charge is 0.0670 e. The molecular formula is C8H9N3. The van der Waals surface area contributed by atoms with Gasteiger partial charge in [0.2, 0.25) is 0 Å². The highest BCUT2D eigenvalue weighted by atomic mass is 14.7. The van der Waals surface area contributed by atoms with Crippen LogP contribution in [0.4, 0.5) is 5.69 Å². The highest BCUT2D eigenvalue weighted by molar-refractivity contribution is 5.47. The molecule has 0 spiro atoms. The molecular weight excluding hydrogens is 138 g/mol. The summed E-state index contributed by atoms with van der Waals surface area (Å²) in [6, 6.07) is 2.06. The van der Waals surface area contributed by atoms with E-state index in [2.05, 4.69) is 11.1 Å². The molecule has 3 nitrogen and oxygen atoms in total. The van der Waals surface area contributed by atoms with Gasteiger partial charge in [-0.15, -0.1) is 0 Å². The van der Waals surface area contributed by atoms with Crippen molar-refractivity contribution in [2.24, 2.45) is 0 Å². The van der Waals surface area contributed by atoms with E-state index in [-0.39, 0.29) is 0 Å². The second-order valence-corrected chi connectivity index (χ2v) is 2.35. The fraction of sp³-hybridized carbons (Fsp3) is 0.250. The number of hydrogen-bond donors (Lipinski definition) is 1. The molecule has 11 heavy (non-hydrogen) atoms. The van der Waals surface area contributed by atoms with Crippen LogP contribution in [0.15, 0.2) is 12.4 Å². The van der Waals surface area contributed by atoms with Crippen molar-refractivity contribution in [2.75, 3.05) is 5.73 Å². The fourth-order valence-electron chi connectivity index (χ4n) is 0.850. The van der Waals surface area contributed by atoms with Crippen LogP contribution in [-0.2, 0) is 6.42 Å². The van der Waals surface area contributed by atoms with Crippen LogP contribution in [0.5, 0.6) is 0 Å². The quantitative estimate of drug-likeness (QED) is 0.645. The zero-order valence-electron chi connectivity index (χ0n) is 6.33. The van der Waals surface area contributed by atoms with Crippen LogP contribution in [-0.4, -0.2) is 4.98 Å². The Hall–Kier alpha value is -1.56. The summed E-state index contributed by atoms with van der Waals surface area (Å²) in [5.41, 5.74) is 8.10. The lowest BCUT2D eigenvalue weighted by Gasteiger charge is -2.02. The normalized spacial score (nSPS) is 9.09. The molecule has 0 amide bonds. The van der Waals surface area contributed by atoms with Crippen LogP contribution in [0.25, 0.3) is 0 Å². The van der Waals surface area contributed by atoms with Crippen molar-refractivity contribution >= 4 is 5.69 Å². The zero-order chi connectivity index (χ0) is 8.27. The number of hydrogen-bond acceptors (Lipinski definition) is 3. The number of nitrogens with two attached hydrogens (primary N) is 1. The van der Waals surface area contributed by atoms with Gasteiger partial charge in [-0.1, -0.05) is 0 Å². The lowest BCUT2D eigenvalue weighted by molar-refractivity contribution is 1.15. The first-order valence-electron chi connectivity index (χ1n) is 3.31. The van der Waals surface area contributed by atoms with Gasteiger partial charge in [0.25, 0.3) is 0 Å². The molecule has 56 valence electrons. The first kappa shape index (κ1) is 7.55. The Morgan fingerprint density at radius 1 is 1.64 bits per heavy atom. The second-order valence-electron chi connectivity index (χ2n) is 2.35. The van der Waals surface area contributed by atoms with Crippen molar-refractivity contribution < 1.29 is 0 Å². The van der Waals surface area contributed by atoms with E-state index in [0.29, 0.717) is 12.1 Å². The Morgan fingerprint density at radius 3 is 3.00 bits per heavy atom. The molecule has 0 atom stereocenters.